The molecule has 3 aliphatic heterocycles. The molecular weight excluding hydrogens is 276 g/mol. The lowest BCUT2D eigenvalue weighted by Crippen LogP contribution is -2.69. The number of hydrogen-bond donors (Lipinski definition) is 1. The van der Waals surface area contributed by atoms with Crippen LogP contribution in [0.25, 0.3) is 0 Å². The van der Waals surface area contributed by atoms with Gasteiger partial charge in [-0.2, -0.15) is 0 Å². The smallest absolute Gasteiger partial charge is 0.320 e. The molecule has 2 unspecified atom stereocenters. The van der Waals surface area contributed by atoms with Crippen molar-refractivity contribution in [3.63, 3.8) is 0 Å². The fourth-order valence-corrected chi connectivity index (χ4v) is 3.02. The molecule has 3 fully saturated rings. The third kappa shape index (κ3) is 2.55. The summed E-state index contributed by atoms with van der Waals surface area (Å²) < 4.78 is 5.24. The SMILES string of the molecule is CC1NC(=O)C2CN(C(=O)N3CCOCC3)CCN2C1=O. The molecule has 0 aliphatic carbocycles. The Labute approximate surface area is 123 Å². The van der Waals surface area contributed by atoms with Gasteiger partial charge < -0.3 is 24.8 Å². The van der Waals surface area contributed by atoms with Crippen LogP contribution in [0.2, 0.25) is 0 Å². The molecule has 8 heteroatoms. The highest BCUT2D eigenvalue weighted by molar-refractivity contribution is 5.97. The molecule has 0 aromatic heterocycles. The number of carbonyl (C=O) groups is 3. The molecule has 0 spiro atoms. The van der Waals surface area contributed by atoms with Crippen molar-refractivity contribution in [3.8, 4) is 0 Å². The van der Waals surface area contributed by atoms with Crippen LogP contribution in [0.3, 0.4) is 0 Å². The zero-order valence-corrected chi connectivity index (χ0v) is 12.1. The van der Waals surface area contributed by atoms with Gasteiger partial charge in [0.15, 0.2) is 0 Å². The first-order valence-corrected chi connectivity index (χ1v) is 7.30. The fourth-order valence-electron chi connectivity index (χ4n) is 3.02. The average Bonchev–Trinajstić information content (AvgIpc) is 2.52. The van der Waals surface area contributed by atoms with Crippen LogP contribution in [-0.2, 0) is 14.3 Å². The predicted octanol–water partition coefficient (Wildman–Crippen LogP) is -1.53. The Morgan fingerprint density at radius 2 is 1.86 bits per heavy atom. The number of ether oxygens (including phenoxy) is 1. The second kappa shape index (κ2) is 5.51. The van der Waals surface area contributed by atoms with E-state index in [-0.39, 0.29) is 24.4 Å². The Kier molecular flexibility index (Phi) is 3.71. The lowest BCUT2D eigenvalue weighted by molar-refractivity contribution is -0.151. The molecular formula is C13H20N4O4. The molecule has 0 saturated carbocycles. The third-order valence-electron chi connectivity index (χ3n) is 4.25. The van der Waals surface area contributed by atoms with E-state index in [1.807, 2.05) is 0 Å². The van der Waals surface area contributed by atoms with E-state index >= 15 is 0 Å². The van der Waals surface area contributed by atoms with Gasteiger partial charge in [-0.15, -0.1) is 0 Å². The maximum absolute atomic E-state index is 12.4. The Morgan fingerprint density at radius 3 is 2.57 bits per heavy atom. The van der Waals surface area contributed by atoms with Gasteiger partial charge in [0, 0.05) is 26.2 Å². The zero-order chi connectivity index (χ0) is 15.0. The number of amides is 4. The van der Waals surface area contributed by atoms with Crippen molar-refractivity contribution in [2.75, 3.05) is 45.9 Å². The Balaban J connectivity index is 1.67. The van der Waals surface area contributed by atoms with Gasteiger partial charge in [-0.3, -0.25) is 9.59 Å². The minimum Gasteiger partial charge on any atom is -0.378 e. The summed E-state index contributed by atoms with van der Waals surface area (Å²) in [5.41, 5.74) is 0. The van der Waals surface area contributed by atoms with E-state index in [9.17, 15) is 14.4 Å². The molecule has 0 radical (unpaired) electrons. The molecule has 3 rings (SSSR count). The molecule has 116 valence electrons. The number of piperazine rings is 2. The fraction of sp³-hybridized carbons (Fsp3) is 0.769. The summed E-state index contributed by atoms with van der Waals surface area (Å²) >= 11 is 0. The van der Waals surface area contributed by atoms with E-state index in [0.29, 0.717) is 39.4 Å². The highest BCUT2D eigenvalue weighted by Crippen LogP contribution is 2.17. The van der Waals surface area contributed by atoms with Crippen LogP contribution < -0.4 is 5.32 Å². The number of rotatable bonds is 0. The van der Waals surface area contributed by atoms with Crippen molar-refractivity contribution in [2.24, 2.45) is 0 Å². The number of nitrogens with zero attached hydrogens (tertiary/aromatic N) is 3. The Bertz CT molecular complexity index is 463. The summed E-state index contributed by atoms with van der Waals surface area (Å²) in [5, 5.41) is 2.67. The van der Waals surface area contributed by atoms with Gasteiger partial charge in [-0.05, 0) is 6.92 Å². The number of urea groups is 1. The Hall–Kier alpha value is -1.83. The van der Waals surface area contributed by atoms with Gasteiger partial charge in [-0.1, -0.05) is 0 Å². The number of hydrogen-bond acceptors (Lipinski definition) is 4. The standard InChI is InChI=1S/C13H20N4O4/c1-9-12(19)17-3-2-16(8-10(17)11(18)14-9)13(20)15-4-6-21-7-5-15/h9-10H,2-8H2,1H3,(H,14,18). The van der Waals surface area contributed by atoms with Crippen molar-refractivity contribution >= 4 is 17.8 Å². The molecule has 4 amide bonds. The molecule has 21 heavy (non-hydrogen) atoms. The van der Waals surface area contributed by atoms with Crippen LogP contribution in [0.15, 0.2) is 0 Å². The van der Waals surface area contributed by atoms with Gasteiger partial charge in [0.05, 0.1) is 19.8 Å². The molecule has 3 heterocycles. The van der Waals surface area contributed by atoms with Crippen molar-refractivity contribution in [1.82, 2.24) is 20.0 Å². The predicted molar refractivity (Wildman–Crippen MR) is 72.5 cm³/mol. The van der Waals surface area contributed by atoms with Crippen molar-refractivity contribution in [3.05, 3.63) is 0 Å². The van der Waals surface area contributed by atoms with Crippen LogP contribution in [0.5, 0.6) is 0 Å². The third-order valence-corrected chi connectivity index (χ3v) is 4.25. The average molecular weight is 296 g/mol. The van der Waals surface area contributed by atoms with E-state index < -0.39 is 12.1 Å². The highest BCUT2D eigenvalue weighted by Gasteiger charge is 2.43. The second-order valence-corrected chi connectivity index (χ2v) is 5.61. The van der Waals surface area contributed by atoms with Crippen molar-refractivity contribution in [1.29, 1.82) is 0 Å². The van der Waals surface area contributed by atoms with Gasteiger partial charge >= 0.3 is 6.03 Å². The number of nitrogens with one attached hydrogen (secondary N) is 1. The summed E-state index contributed by atoms with van der Waals surface area (Å²) in [6.45, 7) is 5.08. The second-order valence-electron chi connectivity index (χ2n) is 5.61. The summed E-state index contributed by atoms with van der Waals surface area (Å²) in [7, 11) is 0. The van der Waals surface area contributed by atoms with Gasteiger partial charge in [0.2, 0.25) is 11.8 Å². The molecule has 0 bridgehead atoms. The molecule has 0 aromatic rings. The number of carbonyl (C=O) groups excluding carboxylic acids is 3. The minimum atomic E-state index is -0.563. The zero-order valence-electron chi connectivity index (χ0n) is 12.1. The lowest BCUT2D eigenvalue weighted by atomic mass is 10.1. The minimum absolute atomic E-state index is 0.0712. The summed E-state index contributed by atoms with van der Waals surface area (Å²) in [5.74, 6) is -0.250. The largest absolute Gasteiger partial charge is 0.378 e. The first-order valence-electron chi connectivity index (χ1n) is 7.30. The van der Waals surface area contributed by atoms with Gasteiger partial charge in [0.25, 0.3) is 0 Å². The summed E-state index contributed by atoms with van der Waals surface area (Å²) in [6, 6.07) is -1.11. The van der Waals surface area contributed by atoms with Crippen LogP contribution in [0, 0.1) is 0 Å². The molecule has 1 N–H and O–H groups in total. The normalized spacial score (nSPS) is 30.0. The molecule has 8 nitrogen and oxygen atoms in total. The van der Waals surface area contributed by atoms with E-state index in [4.69, 9.17) is 4.74 Å². The highest BCUT2D eigenvalue weighted by atomic mass is 16.5. The van der Waals surface area contributed by atoms with Crippen LogP contribution in [0.1, 0.15) is 6.92 Å². The van der Waals surface area contributed by atoms with Gasteiger partial charge in [0.1, 0.15) is 12.1 Å². The number of morpholine rings is 1. The summed E-state index contributed by atoms with van der Waals surface area (Å²) in [6.07, 6.45) is 0. The maximum Gasteiger partial charge on any atom is 0.320 e. The van der Waals surface area contributed by atoms with Gasteiger partial charge in [-0.25, -0.2) is 4.79 Å². The Morgan fingerprint density at radius 1 is 1.14 bits per heavy atom. The molecule has 3 saturated heterocycles. The monoisotopic (exact) mass is 296 g/mol. The quantitative estimate of drug-likeness (QED) is 0.588. The van der Waals surface area contributed by atoms with Crippen molar-refractivity contribution in [2.45, 2.75) is 19.0 Å². The van der Waals surface area contributed by atoms with E-state index in [0.717, 1.165) is 0 Å². The van der Waals surface area contributed by atoms with Crippen LogP contribution in [0.4, 0.5) is 4.79 Å². The number of fused-ring (bicyclic) bond motifs is 1. The van der Waals surface area contributed by atoms with E-state index in [1.54, 1.807) is 21.6 Å². The van der Waals surface area contributed by atoms with Crippen molar-refractivity contribution < 1.29 is 19.1 Å². The van der Waals surface area contributed by atoms with E-state index in [2.05, 4.69) is 5.32 Å². The molecule has 3 aliphatic rings. The van der Waals surface area contributed by atoms with Crippen LogP contribution >= 0.6 is 0 Å². The topological polar surface area (TPSA) is 82.2 Å². The van der Waals surface area contributed by atoms with E-state index in [1.165, 1.54) is 0 Å². The first kappa shape index (κ1) is 14.1. The molecule has 0 aromatic carbocycles. The van der Waals surface area contributed by atoms with Crippen LogP contribution in [-0.4, -0.2) is 90.6 Å². The molecule has 2 atom stereocenters. The summed E-state index contributed by atoms with van der Waals surface area (Å²) in [4.78, 5) is 41.6. The first-order chi connectivity index (χ1) is 10.1. The lowest BCUT2D eigenvalue weighted by Gasteiger charge is -2.45. The maximum atomic E-state index is 12.4.